The summed E-state index contributed by atoms with van der Waals surface area (Å²) in [5.41, 5.74) is -1.54. The van der Waals surface area contributed by atoms with Crippen LogP contribution in [0.4, 0.5) is 13.2 Å². The van der Waals surface area contributed by atoms with Crippen molar-refractivity contribution in [3.63, 3.8) is 0 Å². The lowest BCUT2D eigenvalue weighted by molar-refractivity contribution is -0.141. The second-order valence-electron chi connectivity index (χ2n) is 4.56. The fourth-order valence-corrected chi connectivity index (χ4v) is 2.25. The molecule has 1 aromatic rings. The zero-order valence-corrected chi connectivity index (χ0v) is 9.08. The van der Waals surface area contributed by atoms with Crippen LogP contribution in [-0.4, -0.2) is 11.1 Å². The van der Waals surface area contributed by atoms with Crippen LogP contribution >= 0.6 is 0 Å². The monoisotopic (exact) mass is 244 g/mol. The Morgan fingerprint density at radius 1 is 1.41 bits per heavy atom. The van der Waals surface area contributed by atoms with Crippen LogP contribution in [0.1, 0.15) is 24.5 Å². The van der Waals surface area contributed by atoms with Gasteiger partial charge in [-0.05, 0) is 18.1 Å². The molecule has 0 spiro atoms. The minimum Gasteiger partial charge on any atom is -0.481 e. The van der Waals surface area contributed by atoms with E-state index in [1.54, 1.807) is 6.92 Å². The van der Waals surface area contributed by atoms with E-state index in [2.05, 4.69) is 0 Å². The summed E-state index contributed by atoms with van der Waals surface area (Å²) in [4.78, 5) is 10.8. The second kappa shape index (κ2) is 3.48. The number of halogens is 3. The van der Waals surface area contributed by atoms with E-state index in [-0.39, 0.29) is 12.0 Å². The highest BCUT2D eigenvalue weighted by Gasteiger charge is 2.58. The molecule has 0 unspecified atom stereocenters. The fraction of sp³-hybridized carbons (Fsp3) is 0.417. The van der Waals surface area contributed by atoms with E-state index in [1.807, 2.05) is 0 Å². The molecule has 1 saturated carbocycles. The number of benzene rings is 1. The maximum atomic E-state index is 12.8. The van der Waals surface area contributed by atoms with Crippen molar-refractivity contribution in [3.8, 4) is 0 Å². The third-order valence-electron chi connectivity index (χ3n) is 3.38. The van der Waals surface area contributed by atoms with Gasteiger partial charge in [-0.1, -0.05) is 25.1 Å². The Bertz CT molecular complexity index is 467. The van der Waals surface area contributed by atoms with Gasteiger partial charge >= 0.3 is 12.1 Å². The summed E-state index contributed by atoms with van der Waals surface area (Å²) in [7, 11) is 0. The Labute approximate surface area is 96.1 Å². The molecule has 0 aliphatic heterocycles. The van der Waals surface area contributed by atoms with Gasteiger partial charge in [-0.25, -0.2) is 0 Å². The minimum atomic E-state index is -4.44. The molecule has 1 N–H and O–H groups in total. The number of rotatable bonds is 2. The van der Waals surface area contributed by atoms with Crippen molar-refractivity contribution in [1.82, 2.24) is 0 Å². The Morgan fingerprint density at radius 3 is 2.47 bits per heavy atom. The lowest BCUT2D eigenvalue weighted by Crippen LogP contribution is -2.17. The summed E-state index contributed by atoms with van der Waals surface area (Å²) < 4.78 is 38.4. The molecule has 2 nitrogen and oxygen atoms in total. The predicted octanol–water partition coefficient (Wildman–Crippen LogP) is 3.07. The molecule has 1 aliphatic carbocycles. The van der Waals surface area contributed by atoms with Crippen LogP contribution in [0.15, 0.2) is 24.3 Å². The summed E-state index contributed by atoms with van der Waals surface area (Å²) in [6, 6.07) is 5.18. The molecule has 92 valence electrons. The van der Waals surface area contributed by atoms with E-state index in [1.165, 1.54) is 18.2 Å². The van der Waals surface area contributed by atoms with Gasteiger partial charge in [0.15, 0.2) is 0 Å². The minimum absolute atomic E-state index is 0.0832. The molecule has 1 fully saturated rings. The van der Waals surface area contributed by atoms with Crippen molar-refractivity contribution in [2.45, 2.75) is 24.9 Å². The average Bonchev–Trinajstić information content (AvgIpc) is 2.91. The van der Waals surface area contributed by atoms with Crippen molar-refractivity contribution in [3.05, 3.63) is 35.4 Å². The van der Waals surface area contributed by atoms with Crippen LogP contribution in [-0.2, 0) is 16.4 Å². The van der Waals surface area contributed by atoms with Gasteiger partial charge < -0.3 is 5.11 Å². The first-order valence-electron chi connectivity index (χ1n) is 5.16. The Morgan fingerprint density at radius 2 is 2.00 bits per heavy atom. The number of hydrogen-bond donors (Lipinski definition) is 1. The lowest BCUT2D eigenvalue weighted by Gasteiger charge is -2.17. The number of alkyl halides is 3. The zero-order valence-electron chi connectivity index (χ0n) is 9.08. The molecule has 0 bridgehead atoms. The summed E-state index contributed by atoms with van der Waals surface area (Å²) >= 11 is 0. The molecule has 1 aromatic carbocycles. The molecule has 2 atom stereocenters. The average molecular weight is 244 g/mol. The molecule has 0 saturated heterocycles. The van der Waals surface area contributed by atoms with Crippen LogP contribution < -0.4 is 0 Å². The first-order valence-corrected chi connectivity index (χ1v) is 5.16. The highest BCUT2D eigenvalue weighted by Crippen LogP contribution is 2.56. The SMILES string of the molecule is C[C@]1(c2ccccc2C(F)(F)F)C[C@@H]1C(=O)O. The number of hydrogen-bond acceptors (Lipinski definition) is 1. The van der Waals surface area contributed by atoms with Crippen molar-refractivity contribution < 1.29 is 23.1 Å². The van der Waals surface area contributed by atoms with E-state index >= 15 is 0 Å². The highest BCUT2D eigenvalue weighted by atomic mass is 19.4. The van der Waals surface area contributed by atoms with Crippen LogP contribution in [0.2, 0.25) is 0 Å². The first kappa shape index (κ1) is 12.0. The van der Waals surface area contributed by atoms with Crippen molar-refractivity contribution >= 4 is 5.97 Å². The van der Waals surface area contributed by atoms with E-state index in [4.69, 9.17) is 5.11 Å². The van der Waals surface area contributed by atoms with E-state index in [0.29, 0.717) is 0 Å². The topological polar surface area (TPSA) is 37.3 Å². The van der Waals surface area contributed by atoms with Gasteiger partial charge in [0.2, 0.25) is 0 Å². The van der Waals surface area contributed by atoms with Crippen LogP contribution in [0.25, 0.3) is 0 Å². The molecule has 5 heteroatoms. The molecular formula is C12H11F3O2. The quantitative estimate of drug-likeness (QED) is 0.868. The zero-order chi connectivity index (χ0) is 12.8. The normalized spacial score (nSPS) is 27.9. The number of carboxylic acid groups (broad SMARTS) is 1. The summed E-state index contributed by atoms with van der Waals surface area (Å²) in [6.07, 6.45) is -4.18. The second-order valence-corrected chi connectivity index (χ2v) is 4.56. The van der Waals surface area contributed by atoms with Gasteiger partial charge in [-0.15, -0.1) is 0 Å². The van der Waals surface area contributed by atoms with Crippen LogP contribution in [0, 0.1) is 5.92 Å². The summed E-state index contributed by atoms with van der Waals surface area (Å²) in [6.45, 7) is 1.57. The maximum Gasteiger partial charge on any atom is 0.416 e. The smallest absolute Gasteiger partial charge is 0.416 e. The van der Waals surface area contributed by atoms with E-state index in [9.17, 15) is 18.0 Å². The van der Waals surface area contributed by atoms with Crippen molar-refractivity contribution in [2.75, 3.05) is 0 Å². The third kappa shape index (κ3) is 1.90. The van der Waals surface area contributed by atoms with Crippen LogP contribution in [0.3, 0.4) is 0 Å². The maximum absolute atomic E-state index is 12.8. The van der Waals surface area contributed by atoms with Gasteiger partial charge in [0.25, 0.3) is 0 Å². The molecule has 0 amide bonds. The molecule has 17 heavy (non-hydrogen) atoms. The molecule has 0 aromatic heterocycles. The standard InChI is InChI=1S/C12H11F3O2/c1-11(6-9(11)10(16)17)7-4-2-3-5-8(7)12(13,14)15/h2-5,9H,6H2,1H3,(H,16,17)/t9-,11-/m1/s1. The fourth-order valence-electron chi connectivity index (χ4n) is 2.25. The van der Waals surface area contributed by atoms with Crippen LogP contribution in [0.5, 0.6) is 0 Å². The Hall–Kier alpha value is -1.52. The summed E-state index contributed by atoms with van der Waals surface area (Å²) in [5.74, 6) is -1.75. The largest absolute Gasteiger partial charge is 0.481 e. The number of carboxylic acids is 1. The third-order valence-corrected chi connectivity index (χ3v) is 3.38. The van der Waals surface area contributed by atoms with Gasteiger partial charge in [-0.3, -0.25) is 4.79 Å². The van der Waals surface area contributed by atoms with E-state index in [0.717, 1.165) is 6.07 Å². The van der Waals surface area contributed by atoms with Gasteiger partial charge in [0.05, 0.1) is 11.5 Å². The molecule has 1 aliphatic rings. The Balaban J connectivity index is 2.45. The number of aliphatic carboxylic acids is 1. The predicted molar refractivity (Wildman–Crippen MR) is 54.5 cm³/mol. The highest BCUT2D eigenvalue weighted by molar-refractivity contribution is 5.77. The van der Waals surface area contributed by atoms with Gasteiger partial charge in [0, 0.05) is 5.41 Å². The lowest BCUT2D eigenvalue weighted by atomic mass is 9.90. The molecule has 2 rings (SSSR count). The Kier molecular flexibility index (Phi) is 2.45. The summed E-state index contributed by atoms with van der Waals surface area (Å²) in [5, 5.41) is 8.86. The van der Waals surface area contributed by atoms with Gasteiger partial charge in [-0.2, -0.15) is 13.2 Å². The van der Waals surface area contributed by atoms with E-state index < -0.39 is 29.0 Å². The van der Waals surface area contributed by atoms with Crippen molar-refractivity contribution in [2.24, 2.45) is 5.92 Å². The molecular weight excluding hydrogens is 233 g/mol. The number of carbonyl (C=O) groups is 1. The molecule has 0 radical (unpaired) electrons. The first-order chi connectivity index (χ1) is 7.77. The molecule has 0 heterocycles. The van der Waals surface area contributed by atoms with Gasteiger partial charge in [0.1, 0.15) is 0 Å². The van der Waals surface area contributed by atoms with Crippen molar-refractivity contribution in [1.29, 1.82) is 0 Å².